The van der Waals surface area contributed by atoms with E-state index in [-0.39, 0.29) is 6.04 Å². The maximum Gasteiger partial charge on any atom is 0.250 e. The molecule has 0 saturated carbocycles. The molecular formula is C16H18ClN3O. The first-order valence-corrected chi connectivity index (χ1v) is 6.95. The molecule has 0 aliphatic rings. The van der Waals surface area contributed by atoms with Crippen molar-refractivity contribution in [1.29, 1.82) is 0 Å². The van der Waals surface area contributed by atoms with Gasteiger partial charge < -0.3 is 16.4 Å². The molecule has 0 radical (unpaired) electrons. The molecule has 4 nitrogen and oxygen atoms in total. The Morgan fingerprint density at radius 2 is 1.95 bits per heavy atom. The van der Waals surface area contributed by atoms with Crippen LogP contribution in [-0.4, -0.2) is 13.0 Å². The number of anilines is 2. The number of hydrogen-bond acceptors (Lipinski definition) is 3. The molecule has 0 saturated heterocycles. The molecule has 0 aliphatic heterocycles. The zero-order valence-electron chi connectivity index (χ0n) is 12.0. The average Bonchev–Trinajstić information content (AvgIpc) is 2.45. The van der Waals surface area contributed by atoms with Crippen LogP contribution in [0.4, 0.5) is 11.4 Å². The van der Waals surface area contributed by atoms with Crippen molar-refractivity contribution in [1.82, 2.24) is 0 Å². The van der Waals surface area contributed by atoms with Gasteiger partial charge in [0.15, 0.2) is 0 Å². The number of primary amides is 1. The SMILES string of the molecule is CC(c1cccc(N)c1)N(C)c1cc(Cl)ccc1C(N)=O. The van der Waals surface area contributed by atoms with E-state index in [9.17, 15) is 4.79 Å². The van der Waals surface area contributed by atoms with Crippen molar-refractivity contribution in [2.24, 2.45) is 5.73 Å². The third-order valence-corrected chi connectivity index (χ3v) is 3.81. The van der Waals surface area contributed by atoms with Crippen LogP contribution in [-0.2, 0) is 0 Å². The number of nitrogens with two attached hydrogens (primary N) is 2. The topological polar surface area (TPSA) is 72.3 Å². The molecule has 1 atom stereocenters. The maximum atomic E-state index is 11.6. The lowest BCUT2D eigenvalue weighted by Crippen LogP contribution is -2.25. The van der Waals surface area contributed by atoms with Crippen molar-refractivity contribution in [3.63, 3.8) is 0 Å². The van der Waals surface area contributed by atoms with Crippen molar-refractivity contribution in [2.45, 2.75) is 13.0 Å². The summed E-state index contributed by atoms with van der Waals surface area (Å²) in [7, 11) is 1.89. The standard InChI is InChI=1S/C16H18ClN3O/c1-10(11-4-3-5-13(18)8-11)20(2)15-9-12(17)6-7-14(15)16(19)21/h3-10H,18H2,1-2H3,(H2,19,21). The largest absolute Gasteiger partial charge is 0.399 e. The van der Waals surface area contributed by atoms with Gasteiger partial charge in [-0.3, -0.25) is 4.79 Å². The summed E-state index contributed by atoms with van der Waals surface area (Å²) in [5, 5.41) is 0.557. The lowest BCUT2D eigenvalue weighted by atomic mass is 10.0. The van der Waals surface area contributed by atoms with Gasteiger partial charge in [-0.1, -0.05) is 23.7 Å². The summed E-state index contributed by atoms with van der Waals surface area (Å²) >= 11 is 6.04. The van der Waals surface area contributed by atoms with Gasteiger partial charge in [0.05, 0.1) is 17.3 Å². The van der Waals surface area contributed by atoms with Gasteiger partial charge in [-0.05, 0) is 42.8 Å². The Morgan fingerprint density at radius 3 is 2.57 bits per heavy atom. The third-order valence-electron chi connectivity index (χ3n) is 3.58. The van der Waals surface area contributed by atoms with Crippen LogP contribution in [0.15, 0.2) is 42.5 Å². The quantitative estimate of drug-likeness (QED) is 0.852. The van der Waals surface area contributed by atoms with Crippen LogP contribution in [0.3, 0.4) is 0 Å². The van der Waals surface area contributed by atoms with E-state index in [1.54, 1.807) is 18.2 Å². The molecule has 0 heterocycles. The molecule has 0 bridgehead atoms. The fraction of sp³-hybridized carbons (Fsp3) is 0.188. The van der Waals surface area contributed by atoms with Crippen LogP contribution >= 0.6 is 11.6 Å². The fourth-order valence-corrected chi connectivity index (χ4v) is 2.42. The first-order chi connectivity index (χ1) is 9.90. The smallest absolute Gasteiger partial charge is 0.250 e. The van der Waals surface area contributed by atoms with Gasteiger partial charge in [0.1, 0.15) is 0 Å². The molecule has 2 aromatic carbocycles. The van der Waals surface area contributed by atoms with Gasteiger partial charge >= 0.3 is 0 Å². The Hall–Kier alpha value is -2.20. The monoisotopic (exact) mass is 303 g/mol. The Labute approximate surface area is 129 Å². The highest BCUT2D eigenvalue weighted by Crippen LogP contribution is 2.31. The summed E-state index contributed by atoms with van der Waals surface area (Å²) in [5.41, 5.74) is 14.2. The summed E-state index contributed by atoms with van der Waals surface area (Å²) in [6.45, 7) is 2.03. The minimum atomic E-state index is -0.478. The van der Waals surface area contributed by atoms with E-state index in [1.165, 1.54) is 0 Å². The van der Waals surface area contributed by atoms with E-state index in [0.717, 1.165) is 5.56 Å². The van der Waals surface area contributed by atoms with Gasteiger partial charge in [0, 0.05) is 17.8 Å². The molecule has 0 fully saturated rings. The van der Waals surface area contributed by atoms with Crippen molar-refractivity contribution in [3.8, 4) is 0 Å². The van der Waals surface area contributed by atoms with E-state index < -0.39 is 5.91 Å². The lowest BCUT2D eigenvalue weighted by Gasteiger charge is -2.29. The van der Waals surface area contributed by atoms with E-state index >= 15 is 0 Å². The number of carbonyl (C=O) groups excluding carboxylic acids is 1. The molecular weight excluding hydrogens is 286 g/mol. The van der Waals surface area contributed by atoms with Gasteiger partial charge in [-0.2, -0.15) is 0 Å². The average molecular weight is 304 g/mol. The van der Waals surface area contributed by atoms with Crippen LogP contribution < -0.4 is 16.4 Å². The minimum Gasteiger partial charge on any atom is -0.399 e. The molecule has 0 aliphatic carbocycles. The number of hydrogen-bond donors (Lipinski definition) is 2. The molecule has 110 valence electrons. The number of nitrogens with zero attached hydrogens (tertiary/aromatic N) is 1. The van der Waals surface area contributed by atoms with Crippen LogP contribution in [0.25, 0.3) is 0 Å². The van der Waals surface area contributed by atoms with Crippen molar-refractivity contribution >= 4 is 28.9 Å². The van der Waals surface area contributed by atoms with E-state index in [4.69, 9.17) is 23.1 Å². The Kier molecular flexibility index (Phi) is 4.38. The molecule has 4 N–H and O–H groups in total. The van der Waals surface area contributed by atoms with Gasteiger partial charge in [-0.15, -0.1) is 0 Å². The number of carbonyl (C=O) groups is 1. The van der Waals surface area contributed by atoms with Crippen LogP contribution in [0.5, 0.6) is 0 Å². The summed E-state index contributed by atoms with van der Waals surface area (Å²) in [4.78, 5) is 13.5. The second kappa shape index (κ2) is 6.06. The zero-order valence-corrected chi connectivity index (χ0v) is 12.8. The van der Waals surface area contributed by atoms with E-state index in [2.05, 4.69) is 0 Å². The highest BCUT2D eigenvalue weighted by molar-refractivity contribution is 6.31. The first kappa shape index (κ1) is 15.2. The summed E-state index contributed by atoms with van der Waals surface area (Å²) in [6, 6.07) is 12.7. The normalized spacial score (nSPS) is 12.0. The summed E-state index contributed by atoms with van der Waals surface area (Å²) in [5.74, 6) is -0.478. The highest BCUT2D eigenvalue weighted by atomic mass is 35.5. The summed E-state index contributed by atoms with van der Waals surface area (Å²) in [6.07, 6.45) is 0. The molecule has 21 heavy (non-hydrogen) atoms. The van der Waals surface area contributed by atoms with Crippen LogP contribution in [0, 0.1) is 0 Å². The number of rotatable bonds is 4. The first-order valence-electron chi connectivity index (χ1n) is 6.57. The Bertz CT molecular complexity index is 672. The van der Waals surface area contributed by atoms with E-state index in [0.29, 0.717) is 22.0 Å². The van der Waals surface area contributed by atoms with Crippen molar-refractivity contribution < 1.29 is 4.79 Å². The number of halogens is 1. The van der Waals surface area contributed by atoms with Gasteiger partial charge in [-0.25, -0.2) is 0 Å². The Balaban J connectivity index is 2.41. The van der Waals surface area contributed by atoms with Crippen LogP contribution in [0.2, 0.25) is 5.02 Å². The fourth-order valence-electron chi connectivity index (χ4n) is 2.26. The number of amides is 1. The van der Waals surface area contributed by atoms with Gasteiger partial charge in [0.25, 0.3) is 5.91 Å². The summed E-state index contributed by atoms with van der Waals surface area (Å²) < 4.78 is 0. The minimum absolute atomic E-state index is 0.0186. The molecule has 1 amide bonds. The second-order valence-corrected chi connectivity index (χ2v) is 5.42. The second-order valence-electron chi connectivity index (χ2n) is 4.98. The molecule has 2 rings (SSSR count). The zero-order chi connectivity index (χ0) is 15.6. The Morgan fingerprint density at radius 1 is 1.24 bits per heavy atom. The molecule has 0 aromatic heterocycles. The maximum absolute atomic E-state index is 11.6. The van der Waals surface area contributed by atoms with Crippen molar-refractivity contribution in [2.75, 3.05) is 17.7 Å². The van der Waals surface area contributed by atoms with Crippen LogP contribution in [0.1, 0.15) is 28.9 Å². The predicted molar refractivity (Wildman–Crippen MR) is 87.6 cm³/mol. The molecule has 1 unspecified atom stereocenters. The third kappa shape index (κ3) is 3.28. The lowest BCUT2D eigenvalue weighted by molar-refractivity contribution is 0.100. The highest BCUT2D eigenvalue weighted by Gasteiger charge is 2.18. The molecule has 5 heteroatoms. The molecule has 2 aromatic rings. The molecule has 0 spiro atoms. The number of nitrogen functional groups attached to an aromatic ring is 1. The predicted octanol–water partition coefficient (Wildman–Crippen LogP) is 3.22. The van der Waals surface area contributed by atoms with Crippen molar-refractivity contribution in [3.05, 3.63) is 58.6 Å². The number of benzene rings is 2. The van der Waals surface area contributed by atoms with E-state index in [1.807, 2.05) is 43.1 Å². The van der Waals surface area contributed by atoms with Gasteiger partial charge in [0.2, 0.25) is 0 Å².